The largest absolute Gasteiger partial charge is 0.357 e. The molecule has 0 atom stereocenters. The van der Waals surface area contributed by atoms with E-state index in [1.807, 2.05) is 11.8 Å². The Labute approximate surface area is 151 Å². The van der Waals surface area contributed by atoms with E-state index in [4.69, 9.17) is 0 Å². The summed E-state index contributed by atoms with van der Waals surface area (Å²) in [6.45, 7) is 14.1. The lowest BCUT2D eigenvalue weighted by Gasteiger charge is -2.33. The van der Waals surface area contributed by atoms with Gasteiger partial charge in [0.2, 0.25) is 0 Å². The fourth-order valence-corrected chi connectivity index (χ4v) is 2.55. The van der Waals surface area contributed by atoms with Crippen molar-refractivity contribution in [3.63, 3.8) is 0 Å². The van der Waals surface area contributed by atoms with Gasteiger partial charge in [0.05, 0.1) is 6.54 Å². The van der Waals surface area contributed by atoms with Crippen molar-refractivity contribution in [1.82, 2.24) is 20.4 Å². The first-order chi connectivity index (χ1) is 9.80. The van der Waals surface area contributed by atoms with Gasteiger partial charge >= 0.3 is 0 Å². The zero-order valence-corrected chi connectivity index (χ0v) is 16.9. The predicted octanol–water partition coefficient (Wildman–Crippen LogP) is 1.16. The molecule has 0 aromatic carbocycles. The third-order valence-corrected chi connectivity index (χ3v) is 4.15. The summed E-state index contributed by atoms with van der Waals surface area (Å²) < 4.78 is 0. The molecule has 1 fully saturated rings. The molecule has 0 unspecified atom stereocenters. The molecular formula is C14H32IN5S. The lowest BCUT2D eigenvalue weighted by molar-refractivity contribution is 0.140. The lowest BCUT2D eigenvalue weighted by Crippen LogP contribution is -2.47. The second kappa shape index (κ2) is 13.9. The Kier molecular flexibility index (Phi) is 14.1. The van der Waals surface area contributed by atoms with E-state index >= 15 is 0 Å². The highest BCUT2D eigenvalue weighted by Gasteiger charge is 2.14. The van der Waals surface area contributed by atoms with Crippen LogP contribution in [-0.4, -0.2) is 86.7 Å². The first-order valence-corrected chi connectivity index (χ1v) is 9.15. The maximum atomic E-state index is 4.65. The van der Waals surface area contributed by atoms with Gasteiger partial charge < -0.3 is 15.5 Å². The maximum absolute atomic E-state index is 4.65. The number of nitrogens with zero attached hydrogens (tertiary/aromatic N) is 3. The summed E-state index contributed by atoms with van der Waals surface area (Å²) >= 11 is 1.85. The number of thioether (sulfide) groups is 1. The van der Waals surface area contributed by atoms with Crippen LogP contribution in [-0.2, 0) is 0 Å². The van der Waals surface area contributed by atoms with Crippen molar-refractivity contribution in [1.29, 1.82) is 0 Å². The van der Waals surface area contributed by atoms with Crippen molar-refractivity contribution >= 4 is 41.7 Å². The highest BCUT2D eigenvalue weighted by Crippen LogP contribution is 2.00. The Bertz CT molecular complexity index is 270. The maximum Gasteiger partial charge on any atom is 0.191 e. The third-order valence-electron chi connectivity index (χ3n) is 3.54. The van der Waals surface area contributed by atoms with Gasteiger partial charge in [-0.1, -0.05) is 6.92 Å². The number of nitrogens with one attached hydrogen (secondary N) is 2. The monoisotopic (exact) mass is 429 g/mol. The molecule has 0 amide bonds. The molecule has 0 aromatic rings. The SMILES string of the molecule is CCNC(=NCCN1CCN(CC)CC1)NCCSC.I. The first kappa shape index (κ1) is 21.3. The average Bonchev–Trinajstić information content (AvgIpc) is 2.48. The molecule has 7 heteroatoms. The molecule has 0 bridgehead atoms. The van der Waals surface area contributed by atoms with E-state index in [0.717, 1.165) is 37.9 Å². The van der Waals surface area contributed by atoms with E-state index in [9.17, 15) is 0 Å². The number of piperazine rings is 1. The summed E-state index contributed by atoms with van der Waals surface area (Å²) in [5.41, 5.74) is 0. The number of hydrogen-bond acceptors (Lipinski definition) is 4. The fourth-order valence-electron chi connectivity index (χ4n) is 2.25. The van der Waals surface area contributed by atoms with Crippen molar-refractivity contribution in [2.24, 2.45) is 4.99 Å². The van der Waals surface area contributed by atoms with E-state index in [0.29, 0.717) is 0 Å². The van der Waals surface area contributed by atoms with Crippen LogP contribution in [0.25, 0.3) is 0 Å². The van der Waals surface area contributed by atoms with Crippen molar-refractivity contribution in [3.05, 3.63) is 0 Å². The molecule has 0 spiro atoms. The quantitative estimate of drug-likeness (QED) is 0.263. The van der Waals surface area contributed by atoms with Gasteiger partial charge in [-0.15, -0.1) is 24.0 Å². The van der Waals surface area contributed by atoms with Crippen molar-refractivity contribution in [2.75, 3.05) is 70.9 Å². The van der Waals surface area contributed by atoms with Crippen LogP contribution in [0.1, 0.15) is 13.8 Å². The van der Waals surface area contributed by atoms with E-state index in [-0.39, 0.29) is 24.0 Å². The Morgan fingerprint density at radius 2 is 1.76 bits per heavy atom. The molecule has 0 radical (unpaired) electrons. The van der Waals surface area contributed by atoms with Crippen molar-refractivity contribution in [2.45, 2.75) is 13.8 Å². The van der Waals surface area contributed by atoms with Crippen LogP contribution >= 0.6 is 35.7 Å². The van der Waals surface area contributed by atoms with Crippen LogP contribution < -0.4 is 10.6 Å². The average molecular weight is 429 g/mol. The Balaban J connectivity index is 0.00000400. The highest BCUT2D eigenvalue weighted by atomic mass is 127. The summed E-state index contributed by atoms with van der Waals surface area (Å²) in [6, 6.07) is 0. The van der Waals surface area contributed by atoms with Gasteiger partial charge in [-0.2, -0.15) is 11.8 Å². The summed E-state index contributed by atoms with van der Waals surface area (Å²) in [4.78, 5) is 9.67. The van der Waals surface area contributed by atoms with Crippen LogP contribution in [0.4, 0.5) is 0 Å². The summed E-state index contributed by atoms with van der Waals surface area (Å²) in [5.74, 6) is 2.07. The van der Waals surface area contributed by atoms with Gasteiger partial charge in [0.15, 0.2) is 5.96 Å². The van der Waals surface area contributed by atoms with E-state index in [1.165, 1.54) is 32.7 Å². The smallest absolute Gasteiger partial charge is 0.191 e. The Morgan fingerprint density at radius 3 is 2.33 bits per heavy atom. The Morgan fingerprint density at radius 1 is 1.10 bits per heavy atom. The topological polar surface area (TPSA) is 42.9 Å². The molecule has 126 valence electrons. The molecule has 0 aliphatic carbocycles. The molecule has 0 aromatic heterocycles. The van der Waals surface area contributed by atoms with Gasteiger partial charge in [0.25, 0.3) is 0 Å². The van der Waals surface area contributed by atoms with Gasteiger partial charge in [0.1, 0.15) is 0 Å². The molecule has 0 saturated carbocycles. The van der Waals surface area contributed by atoms with Crippen LogP contribution in [0, 0.1) is 0 Å². The summed E-state index contributed by atoms with van der Waals surface area (Å²) in [7, 11) is 0. The van der Waals surface area contributed by atoms with Gasteiger partial charge in [-0.3, -0.25) is 9.89 Å². The van der Waals surface area contributed by atoms with Crippen molar-refractivity contribution in [3.8, 4) is 0 Å². The lowest BCUT2D eigenvalue weighted by atomic mass is 10.3. The number of likely N-dealkylation sites (N-methyl/N-ethyl adjacent to an activating group) is 1. The first-order valence-electron chi connectivity index (χ1n) is 7.76. The summed E-state index contributed by atoms with van der Waals surface area (Å²) in [5, 5.41) is 6.67. The van der Waals surface area contributed by atoms with Gasteiger partial charge in [-0.25, -0.2) is 0 Å². The van der Waals surface area contributed by atoms with Crippen LogP contribution in [0.5, 0.6) is 0 Å². The number of aliphatic imine (C=N–C) groups is 1. The second-order valence-corrected chi connectivity index (χ2v) is 5.94. The van der Waals surface area contributed by atoms with Crippen LogP contribution in [0.3, 0.4) is 0 Å². The third kappa shape index (κ3) is 9.80. The molecule has 2 N–H and O–H groups in total. The molecule has 1 rings (SSSR count). The normalized spacial score (nSPS) is 17.4. The Hall–Kier alpha value is 0.270. The second-order valence-electron chi connectivity index (χ2n) is 4.96. The minimum absolute atomic E-state index is 0. The minimum Gasteiger partial charge on any atom is -0.357 e. The number of hydrogen-bond donors (Lipinski definition) is 2. The van der Waals surface area contributed by atoms with Crippen LogP contribution in [0.2, 0.25) is 0 Å². The standard InChI is InChI=1S/C14H31N5S.HI/c1-4-15-14(17-7-13-20-3)16-6-8-19-11-9-18(5-2)10-12-19;/h4-13H2,1-3H3,(H2,15,16,17);1H. The van der Waals surface area contributed by atoms with Crippen molar-refractivity contribution < 1.29 is 0 Å². The van der Waals surface area contributed by atoms with Crippen LogP contribution in [0.15, 0.2) is 4.99 Å². The fraction of sp³-hybridized carbons (Fsp3) is 0.929. The predicted molar refractivity (Wildman–Crippen MR) is 106 cm³/mol. The minimum atomic E-state index is 0. The number of halogens is 1. The molecule has 21 heavy (non-hydrogen) atoms. The highest BCUT2D eigenvalue weighted by molar-refractivity contribution is 14.0. The molecule has 1 aliphatic rings. The van der Waals surface area contributed by atoms with E-state index < -0.39 is 0 Å². The molecule has 1 saturated heterocycles. The zero-order chi connectivity index (χ0) is 14.6. The molecule has 5 nitrogen and oxygen atoms in total. The number of guanidine groups is 1. The number of rotatable bonds is 8. The van der Waals surface area contributed by atoms with Gasteiger partial charge in [-0.05, 0) is 19.7 Å². The zero-order valence-electron chi connectivity index (χ0n) is 13.7. The van der Waals surface area contributed by atoms with E-state index in [2.05, 4.69) is 45.5 Å². The van der Waals surface area contributed by atoms with E-state index in [1.54, 1.807) is 0 Å². The molecule has 1 heterocycles. The molecular weight excluding hydrogens is 397 g/mol. The summed E-state index contributed by atoms with van der Waals surface area (Å²) in [6.07, 6.45) is 2.13. The van der Waals surface area contributed by atoms with Gasteiger partial charge in [0, 0.05) is 51.6 Å². The molecule has 1 aliphatic heterocycles.